The van der Waals surface area contributed by atoms with Crippen molar-refractivity contribution in [1.82, 2.24) is 14.5 Å². The molecule has 6 nitrogen and oxygen atoms in total. The second kappa shape index (κ2) is 19.8. The number of nitrogens with two attached hydrogens (primary N) is 1. The zero-order chi connectivity index (χ0) is 33.4. The number of aryl methyl sites for hydroxylation is 1. The summed E-state index contributed by atoms with van der Waals surface area (Å²) in [6, 6.07) is 9.17. The van der Waals surface area contributed by atoms with Crippen LogP contribution < -0.4 is 10.5 Å². The molecule has 3 rings (SSSR count). The molecule has 7 heteroatoms. The van der Waals surface area contributed by atoms with E-state index in [2.05, 4.69) is 78.6 Å². The summed E-state index contributed by atoms with van der Waals surface area (Å²) in [5.41, 5.74) is 8.93. The summed E-state index contributed by atoms with van der Waals surface area (Å²) in [7, 11) is 3.27. The van der Waals surface area contributed by atoms with Gasteiger partial charge in [-0.3, -0.25) is 14.7 Å². The number of aliphatic imine (C=N–C) groups is 1. The maximum absolute atomic E-state index is 14.1. The minimum Gasteiger partial charge on any atom is -0.334 e. The molecule has 1 heterocycles. The summed E-state index contributed by atoms with van der Waals surface area (Å²) >= 11 is 1.51. The second-order valence-corrected chi connectivity index (χ2v) is 14.0. The van der Waals surface area contributed by atoms with E-state index in [1.165, 1.54) is 56.7 Å². The van der Waals surface area contributed by atoms with Crippen molar-refractivity contribution in [2.24, 2.45) is 22.1 Å². The maximum atomic E-state index is 14.1. The van der Waals surface area contributed by atoms with Gasteiger partial charge in [0.15, 0.2) is 0 Å². The van der Waals surface area contributed by atoms with Crippen LogP contribution in [-0.4, -0.2) is 67.7 Å². The molecule has 0 spiro atoms. The first-order chi connectivity index (χ1) is 21.6. The monoisotopic (exact) mass is 635 g/mol. The standard InChI is InChI=1S/C37H56N4OS.CH5N/c1-9-12-19-37(7)25-32(26-37)40-21-15-22-41(31(27-40)23-28(4)5)36(42)30(10-2)24-33(11-3)43-39-35(18-20-38-8)34-17-14-13-16-29(34)6;1-2/h10-11,13-14,16-18,20,24,28,31-32,39H,2,9,12,15,19,21-23,25-27H2,1,3-8H3;2H2,1H3/b30-24+,33-11+,35-18-,38-20?;. The van der Waals surface area contributed by atoms with E-state index in [4.69, 9.17) is 0 Å². The lowest BCUT2D eigenvalue weighted by Crippen LogP contribution is -2.53. The highest BCUT2D eigenvalue weighted by Gasteiger charge is 2.43. The Morgan fingerprint density at radius 2 is 1.96 bits per heavy atom. The molecule has 1 atom stereocenters. The van der Waals surface area contributed by atoms with Gasteiger partial charge < -0.3 is 15.4 Å². The topological polar surface area (TPSA) is 74.0 Å². The predicted octanol–water partition coefficient (Wildman–Crippen LogP) is 8.17. The van der Waals surface area contributed by atoms with Gasteiger partial charge in [0.05, 0.1) is 5.70 Å². The molecule has 1 amide bonds. The molecule has 2 aliphatic rings. The van der Waals surface area contributed by atoms with E-state index >= 15 is 0 Å². The summed E-state index contributed by atoms with van der Waals surface area (Å²) in [4.78, 5) is 24.1. The maximum Gasteiger partial charge on any atom is 0.254 e. The number of rotatable bonds is 14. The van der Waals surface area contributed by atoms with Gasteiger partial charge in [0, 0.05) is 61.0 Å². The number of unbranched alkanes of at least 4 members (excludes halogenated alkanes) is 1. The van der Waals surface area contributed by atoms with E-state index in [0.717, 1.165) is 48.6 Å². The first kappa shape index (κ1) is 38.6. The number of allylic oxidation sites excluding steroid dienone is 3. The lowest BCUT2D eigenvalue weighted by molar-refractivity contribution is -0.129. The minimum absolute atomic E-state index is 0.0941. The zero-order valence-corrected chi connectivity index (χ0v) is 30.3. The van der Waals surface area contributed by atoms with Crippen LogP contribution in [0.5, 0.6) is 0 Å². The van der Waals surface area contributed by atoms with Crippen LogP contribution in [-0.2, 0) is 4.79 Å². The molecule has 0 aromatic heterocycles. The quantitative estimate of drug-likeness (QED) is 0.0934. The molecule has 1 unspecified atom stereocenters. The van der Waals surface area contributed by atoms with Crippen molar-refractivity contribution in [2.45, 2.75) is 98.6 Å². The molecule has 0 bridgehead atoms. The normalized spacial score (nSPS) is 23.3. The first-order valence-electron chi connectivity index (χ1n) is 16.9. The van der Waals surface area contributed by atoms with Gasteiger partial charge in [0.25, 0.3) is 5.91 Å². The van der Waals surface area contributed by atoms with E-state index in [9.17, 15) is 4.79 Å². The Kier molecular flexibility index (Phi) is 17.0. The molecule has 45 heavy (non-hydrogen) atoms. The van der Waals surface area contributed by atoms with Crippen LogP contribution >= 0.6 is 11.9 Å². The molecule has 1 aliphatic carbocycles. The number of hydrogen-bond acceptors (Lipinski definition) is 6. The number of amides is 1. The lowest BCUT2D eigenvalue weighted by Gasteiger charge is -2.51. The molecule has 250 valence electrons. The molecular formula is C38H61N5OS. The Labute approximate surface area is 279 Å². The van der Waals surface area contributed by atoms with E-state index in [1.807, 2.05) is 37.3 Å². The van der Waals surface area contributed by atoms with Crippen LogP contribution in [0.2, 0.25) is 0 Å². The van der Waals surface area contributed by atoms with Crippen LogP contribution in [0, 0.1) is 18.3 Å². The zero-order valence-electron chi connectivity index (χ0n) is 29.4. The van der Waals surface area contributed by atoms with E-state index < -0.39 is 0 Å². The third-order valence-corrected chi connectivity index (χ3v) is 9.91. The van der Waals surface area contributed by atoms with E-state index in [-0.39, 0.29) is 11.9 Å². The highest BCUT2D eigenvalue weighted by molar-refractivity contribution is 8.01. The van der Waals surface area contributed by atoms with Gasteiger partial charge in [-0.05, 0) is 94.0 Å². The number of carbonyl (C=O) groups excluding carboxylic acids is 1. The van der Waals surface area contributed by atoms with E-state index in [0.29, 0.717) is 22.9 Å². The van der Waals surface area contributed by atoms with Crippen molar-refractivity contribution in [3.8, 4) is 0 Å². The van der Waals surface area contributed by atoms with Crippen LogP contribution in [0.3, 0.4) is 0 Å². The SMILES string of the molecule is C=C/C(=C\C(=C/C)SN/C(=C\C=NC)c1ccccc1C)C(=O)N1CCCN(C2CC(C)(CCCC)C2)CC1CC(C)C.CN. The van der Waals surface area contributed by atoms with Crippen LogP contribution in [0.25, 0.3) is 5.70 Å². The molecule has 1 aromatic rings. The predicted molar refractivity (Wildman–Crippen MR) is 198 cm³/mol. The second-order valence-electron chi connectivity index (χ2n) is 13.1. The minimum atomic E-state index is 0.0941. The van der Waals surface area contributed by atoms with E-state index in [1.54, 1.807) is 19.3 Å². The fraction of sp³-hybridized carbons (Fsp3) is 0.579. The highest BCUT2D eigenvalue weighted by Crippen LogP contribution is 2.47. The first-order valence-corrected chi connectivity index (χ1v) is 17.7. The van der Waals surface area contributed by atoms with Gasteiger partial charge in [0.2, 0.25) is 0 Å². The average molecular weight is 636 g/mol. The summed E-state index contributed by atoms with van der Waals surface area (Å²) in [5, 5.41) is 0. The van der Waals surface area contributed by atoms with Crippen molar-refractivity contribution < 1.29 is 4.79 Å². The summed E-state index contributed by atoms with van der Waals surface area (Å²) in [6.45, 7) is 20.3. The number of benzene rings is 1. The van der Waals surface area contributed by atoms with Gasteiger partial charge in [0.1, 0.15) is 0 Å². The fourth-order valence-electron chi connectivity index (χ4n) is 6.59. The van der Waals surface area contributed by atoms with Gasteiger partial charge in [-0.25, -0.2) is 0 Å². The molecule has 0 radical (unpaired) electrons. The Balaban J connectivity index is 0.00000345. The van der Waals surface area contributed by atoms with Gasteiger partial charge in [-0.2, -0.15) is 0 Å². The van der Waals surface area contributed by atoms with Crippen molar-refractivity contribution >= 4 is 29.8 Å². The molecule has 3 N–H and O–H groups in total. The van der Waals surface area contributed by atoms with Gasteiger partial charge in [-0.1, -0.05) is 83.5 Å². The van der Waals surface area contributed by atoms with Crippen molar-refractivity contribution in [3.63, 3.8) is 0 Å². The van der Waals surface area contributed by atoms with Gasteiger partial charge >= 0.3 is 0 Å². The van der Waals surface area contributed by atoms with Crippen molar-refractivity contribution in [3.05, 3.63) is 76.8 Å². The molecule has 2 fully saturated rings. The highest BCUT2D eigenvalue weighted by atomic mass is 32.2. The lowest BCUT2D eigenvalue weighted by atomic mass is 9.63. The third kappa shape index (κ3) is 11.6. The number of hydrogen-bond donors (Lipinski definition) is 2. The summed E-state index contributed by atoms with van der Waals surface area (Å²) in [6.07, 6.45) is 18.1. The third-order valence-electron chi connectivity index (χ3n) is 9.00. The smallest absolute Gasteiger partial charge is 0.254 e. The van der Waals surface area contributed by atoms with Crippen molar-refractivity contribution in [1.29, 1.82) is 0 Å². The average Bonchev–Trinajstić information content (AvgIpc) is 3.23. The summed E-state index contributed by atoms with van der Waals surface area (Å²) < 4.78 is 3.51. The molecule has 1 aliphatic heterocycles. The Morgan fingerprint density at radius 1 is 1.24 bits per heavy atom. The number of nitrogens with zero attached hydrogens (tertiary/aromatic N) is 3. The largest absolute Gasteiger partial charge is 0.334 e. The molecular weight excluding hydrogens is 575 g/mol. The molecule has 1 aromatic carbocycles. The Morgan fingerprint density at radius 3 is 2.56 bits per heavy atom. The molecule has 1 saturated carbocycles. The van der Waals surface area contributed by atoms with Crippen molar-refractivity contribution in [2.75, 3.05) is 33.7 Å². The number of carbonyl (C=O) groups is 1. The Bertz CT molecular complexity index is 1190. The van der Waals surface area contributed by atoms with Gasteiger partial charge in [-0.15, -0.1) is 0 Å². The number of nitrogens with one attached hydrogen (secondary N) is 1. The van der Waals surface area contributed by atoms with Crippen LogP contribution in [0.1, 0.15) is 90.7 Å². The summed E-state index contributed by atoms with van der Waals surface area (Å²) in [5.74, 6) is 0.619. The van der Waals surface area contributed by atoms with Crippen LogP contribution in [0.4, 0.5) is 0 Å². The molecule has 1 saturated heterocycles. The van der Waals surface area contributed by atoms with Crippen LogP contribution in [0.15, 0.2) is 70.6 Å². The Hall–Kier alpha value is -2.61. The fourth-order valence-corrected chi connectivity index (χ4v) is 7.30.